The molecule has 0 aromatic heterocycles. The Morgan fingerprint density at radius 2 is 1.95 bits per heavy atom. The Labute approximate surface area is 114 Å². The summed E-state index contributed by atoms with van der Waals surface area (Å²) in [6.45, 7) is 1.33. The van der Waals surface area contributed by atoms with E-state index < -0.39 is 47.2 Å². The van der Waals surface area contributed by atoms with Gasteiger partial charge in [0.25, 0.3) is 0 Å². The van der Waals surface area contributed by atoms with Gasteiger partial charge in [-0.05, 0) is 12.5 Å². The molecule has 0 aliphatic heterocycles. The van der Waals surface area contributed by atoms with Gasteiger partial charge in [0.2, 0.25) is 0 Å². The average Bonchev–Trinajstić information content (AvgIpc) is 2.42. The van der Waals surface area contributed by atoms with Crippen LogP contribution in [0.4, 0.5) is 13.2 Å². The molecule has 0 bridgehead atoms. The van der Waals surface area contributed by atoms with E-state index in [9.17, 15) is 22.8 Å². The van der Waals surface area contributed by atoms with Gasteiger partial charge in [-0.25, -0.2) is 13.2 Å². The van der Waals surface area contributed by atoms with Crippen molar-refractivity contribution >= 4 is 11.8 Å². The lowest BCUT2D eigenvalue weighted by Gasteiger charge is -2.33. The second-order valence-electron chi connectivity index (χ2n) is 4.26. The molecule has 0 N–H and O–H groups in total. The van der Waals surface area contributed by atoms with Crippen LogP contribution in [-0.2, 0) is 19.1 Å². The summed E-state index contributed by atoms with van der Waals surface area (Å²) in [5, 5.41) is 0. The van der Waals surface area contributed by atoms with Crippen molar-refractivity contribution in [3.8, 4) is 0 Å². The predicted octanol–water partition coefficient (Wildman–Crippen LogP) is 2.34. The summed E-state index contributed by atoms with van der Waals surface area (Å²) in [5.41, 5.74) is -3.37. The van der Waals surface area contributed by atoms with Crippen molar-refractivity contribution < 1.29 is 32.2 Å². The molecule has 0 aromatic carbocycles. The van der Waals surface area contributed by atoms with E-state index in [1.165, 1.54) is 6.92 Å². The van der Waals surface area contributed by atoms with Gasteiger partial charge in [-0.3, -0.25) is 9.59 Å². The number of esters is 1. The van der Waals surface area contributed by atoms with E-state index in [-0.39, 0.29) is 6.42 Å². The van der Waals surface area contributed by atoms with Crippen LogP contribution in [0.1, 0.15) is 19.8 Å². The highest BCUT2D eigenvalue weighted by molar-refractivity contribution is 6.07. The maximum atomic E-state index is 14.3. The van der Waals surface area contributed by atoms with Crippen LogP contribution in [-0.4, -0.2) is 37.7 Å². The van der Waals surface area contributed by atoms with Gasteiger partial charge in [0.15, 0.2) is 11.5 Å². The lowest BCUT2D eigenvalue weighted by atomic mass is 9.85. The average molecular weight is 292 g/mol. The van der Waals surface area contributed by atoms with Gasteiger partial charge in [-0.2, -0.15) is 0 Å². The summed E-state index contributed by atoms with van der Waals surface area (Å²) in [7, 11) is 2.06. The summed E-state index contributed by atoms with van der Waals surface area (Å²) >= 11 is 0. The number of hydrogen-bond donors (Lipinski definition) is 0. The fourth-order valence-corrected chi connectivity index (χ4v) is 1.94. The first-order chi connectivity index (χ1) is 9.31. The van der Waals surface area contributed by atoms with E-state index >= 15 is 0 Å². The summed E-state index contributed by atoms with van der Waals surface area (Å²) in [6, 6.07) is 0. The number of hydrogen-bond acceptors (Lipinski definition) is 4. The Morgan fingerprint density at radius 3 is 2.40 bits per heavy atom. The van der Waals surface area contributed by atoms with Crippen molar-refractivity contribution in [3.05, 3.63) is 23.3 Å². The molecule has 0 amide bonds. The minimum Gasteiger partial charge on any atom is -0.469 e. The molecule has 0 saturated heterocycles. The summed E-state index contributed by atoms with van der Waals surface area (Å²) in [4.78, 5) is 22.7. The molecule has 0 spiro atoms. The van der Waals surface area contributed by atoms with Crippen LogP contribution < -0.4 is 0 Å². The number of rotatable bonds is 5. The Bertz CT molecular complexity index is 484. The van der Waals surface area contributed by atoms with E-state index in [1.54, 1.807) is 0 Å². The molecular formula is C13H15F3O4. The molecule has 20 heavy (non-hydrogen) atoms. The molecule has 0 radical (unpaired) electrons. The molecule has 7 heteroatoms. The minimum absolute atomic E-state index is 0.361. The number of methoxy groups -OCH3 is 2. The van der Waals surface area contributed by atoms with Crippen LogP contribution in [0, 0.1) is 0 Å². The molecule has 1 aliphatic rings. The highest BCUT2D eigenvalue weighted by Crippen LogP contribution is 2.42. The normalized spacial score (nSPS) is 26.3. The maximum absolute atomic E-state index is 14.3. The van der Waals surface area contributed by atoms with Crippen LogP contribution >= 0.6 is 0 Å². The number of ketones is 1. The third-order valence-electron chi connectivity index (χ3n) is 3.15. The topological polar surface area (TPSA) is 52.6 Å². The monoisotopic (exact) mass is 292 g/mol. The number of alkyl halides is 1. The molecular weight excluding hydrogens is 277 g/mol. The quantitative estimate of drug-likeness (QED) is 0.576. The van der Waals surface area contributed by atoms with Crippen molar-refractivity contribution in [2.45, 2.75) is 31.5 Å². The van der Waals surface area contributed by atoms with Gasteiger partial charge in [-0.15, -0.1) is 0 Å². The molecule has 0 saturated carbocycles. The highest BCUT2D eigenvalue weighted by Gasteiger charge is 2.49. The fourth-order valence-electron chi connectivity index (χ4n) is 1.94. The Morgan fingerprint density at radius 1 is 1.35 bits per heavy atom. The van der Waals surface area contributed by atoms with Gasteiger partial charge < -0.3 is 9.47 Å². The Balaban J connectivity index is 3.18. The van der Waals surface area contributed by atoms with Crippen molar-refractivity contribution in [2.75, 3.05) is 14.2 Å². The summed E-state index contributed by atoms with van der Waals surface area (Å²) < 4.78 is 51.1. The third-order valence-corrected chi connectivity index (χ3v) is 3.15. The molecule has 112 valence electrons. The van der Waals surface area contributed by atoms with Gasteiger partial charge >= 0.3 is 5.97 Å². The van der Waals surface area contributed by atoms with Crippen molar-refractivity contribution in [1.29, 1.82) is 0 Å². The minimum atomic E-state index is -2.66. The second-order valence-corrected chi connectivity index (χ2v) is 4.26. The SMILES string of the molecule is CCC1(F)C(F)=CC(C(=O)CC(=O)OC)=C(F)C1OC. The Hall–Kier alpha value is -1.63. The lowest BCUT2D eigenvalue weighted by Crippen LogP contribution is -2.43. The number of carbonyl (C=O) groups is 2. The standard InChI is InChI=1S/C13H15F3O4/c1-4-13(16)9(14)5-7(11(15)12(13)20-3)8(17)6-10(18)19-2/h5,12H,4,6H2,1-3H3. The molecule has 4 nitrogen and oxygen atoms in total. The van der Waals surface area contributed by atoms with Crippen LogP contribution in [0.5, 0.6) is 0 Å². The van der Waals surface area contributed by atoms with Gasteiger partial charge in [0, 0.05) is 7.11 Å². The molecule has 2 atom stereocenters. The second kappa shape index (κ2) is 6.21. The lowest BCUT2D eigenvalue weighted by molar-refractivity contribution is -0.142. The van der Waals surface area contributed by atoms with Gasteiger partial charge in [0.05, 0.1) is 12.7 Å². The van der Waals surface area contributed by atoms with Crippen LogP contribution in [0.3, 0.4) is 0 Å². The fraction of sp³-hybridized carbons (Fsp3) is 0.538. The zero-order chi connectivity index (χ0) is 15.5. The molecule has 2 unspecified atom stereocenters. The molecule has 0 heterocycles. The number of Topliss-reactive ketones (excluding diaryl/α,β-unsaturated/α-hetero) is 1. The zero-order valence-corrected chi connectivity index (χ0v) is 11.3. The van der Waals surface area contributed by atoms with Gasteiger partial charge in [0.1, 0.15) is 24.2 Å². The number of halogens is 3. The first-order valence-electron chi connectivity index (χ1n) is 5.90. The van der Waals surface area contributed by atoms with Crippen molar-refractivity contribution in [3.63, 3.8) is 0 Å². The first kappa shape index (κ1) is 16.4. The van der Waals surface area contributed by atoms with E-state index in [1.807, 2.05) is 0 Å². The van der Waals surface area contributed by atoms with Crippen molar-refractivity contribution in [2.24, 2.45) is 0 Å². The maximum Gasteiger partial charge on any atom is 0.313 e. The predicted molar refractivity (Wildman–Crippen MR) is 63.9 cm³/mol. The van der Waals surface area contributed by atoms with Crippen LogP contribution in [0.2, 0.25) is 0 Å². The van der Waals surface area contributed by atoms with Crippen LogP contribution in [0.25, 0.3) is 0 Å². The van der Waals surface area contributed by atoms with Crippen LogP contribution in [0.15, 0.2) is 23.3 Å². The summed E-state index contributed by atoms with van der Waals surface area (Å²) in [6.07, 6.45) is -2.50. The summed E-state index contributed by atoms with van der Waals surface area (Å²) in [5.74, 6) is -4.43. The molecule has 0 fully saturated rings. The Kier molecular flexibility index (Phi) is 5.10. The largest absolute Gasteiger partial charge is 0.469 e. The van der Waals surface area contributed by atoms with Crippen molar-refractivity contribution in [1.82, 2.24) is 0 Å². The third kappa shape index (κ3) is 2.77. The van der Waals surface area contributed by atoms with E-state index in [0.29, 0.717) is 6.08 Å². The van der Waals surface area contributed by atoms with E-state index in [4.69, 9.17) is 0 Å². The number of allylic oxidation sites excluding steroid dienone is 2. The van der Waals surface area contributed by atoms with Gasteiger partial charge in [-0.1, -0.05) is 6.92 Å². The number of ether oxygens (including phenoxy) is 2. The highest BCUT2D eigenvalue weighted by atomic mass is 19.2. The molecule has 0 aromatic rings. The van der Waals surface area contributed by atoms with E-state index in [2.05, 4.69) is 9.47 Å². The molecule has 1 aliphatic carbocycles. The molecule has 1 rings (SSSR count). The smallest absolute Gasteiger partial charge is 0.313 e. The zero-order valence-electron chi connectivity index (χ0n) is 11.3. The number of carbonyl (C=O) groups excluding carboxylic acids is 2. The first-order valence-corrected chi connectivity index (χ1v) is 5.90. The van der Waals surface area contributed by atoms with E-state index in [0.717, 1.165) is 14.2 Å².